The number of oxazole rings is 1. The summed E-state index contributed by atoms with van der Waals surface area (Å²) in [6.07, 6.45) is 0. The Balaban J connectivity index is 2.17. The molecule has 5 heteroatoms. The van der Waals surface area contributed by atoms with Crippen LogP contribution >= 0.6 is 0 Å². The molecule has 0 unspecified atom stereocenters. The molecule has 5 nitrogen and oxygen atoms in total. The van der Waals surface area contributed by atoms with Gasteiger partial charge in [-0.1, -0.05) is 48.5 Å². The van der Waals surface area contributed by atoms with Crippen LogP contribution in [-0.4, -0.2) is 10.1 Å². The molecule has 0 spiro atoms. The van der Waals surface area contributed by atoms with E-state index in [0.717, 1.165) is 16.7 Å². The molecule has 0 aliphatic rings. The van der Waals surface area contributed by atoms with Gasteiger partial charge in [-0.2, -0.15) is 4.98 Å². The minimum atomic E-state index is -0.446. The molecule has 20 heavy (non-hydrogen) atoms. The molecule has 0 atom stereocenters. The molecule has 0 saturated carbocycles. The number of nitrogens with one attached hydrogen (secondary N) is 1. The highest BCUT2D eigenvalue weighted by Gasteiger charge is 2.16. The van der Waals surface area contributed by atoms with E-state index in [0.29, 0.717) is 0 Å². The fourth-order valence-corrected chi connectivity index (χ4v) is 2.03. The van der Waals surface area contributed by atoms with Crippen LogP contribution in [0.4, 0.5) is 5.82 Å². The fraction of sp³-hybridized carbons (Fsp3) is 0. The maximum absolute atomic E-state index is 9.51. The van der Waals surface area contributed by atoms with Crippen molar-refractivity contribution in [1.29, 1.82) is 5.53 Å². The molecule has 1 heterocycles. The van der Waals surface area contributed by atoms with Crippen molar-refractivity contribution in [3.05, 3.63) is 54.6 Å². The SMILES string of the molecule is N=Nc1nc(-c2ccccc2-c2ccccc2)oc1O. The van der Waals surface area contributed by atoms with E-state index >= 15 is 0 Å². The van der Waals surface area contributed by atoms with Crippen LogP contribution in [0.3, 0.4) is 0 Å². The first-order valence-corrected chi connectivity index (χ1v) is 6.01. The van der Waals surface area contributed by atoms with Gasteiger partial charge in [0.05, 0.1) is 0 Å². The standard InChI is InChI=1S/C15H11N3O2/c16-18-13-15(19)20-14(17-13)12-9-5-4-8-11(12)10-6-2-1-3-7-10/h1-9,16,19H. The van der Waals surface area contributed by atoms with Crippen molar-refractivity contribution in [1.82, 2.24) is 4.98 Å². The van der Waals surface area contributed by atoms with Gasteiger partial charge >= 0.3 is 5.95 Å². The lowest BCUT2D eigenvalue weighted by atomic mass is 10.00. The van der Waals surface area contributed by atoms with Gasteiger partial charge in [0.2, 0.25) is 5.89 Å². The largest absolute Gasteiger partial charge is 0.478 e. The van der Waals surface area contributed by atoms with Crippen molar-refractivity contribution in [3.8, 4) is 28.5 Å². The van der Waals surface area contributed by atoms with Crippen molar-refractivity contribution in [3.63, 3.8) is 0 Å². The van der Waals surface area contributed by atoms with Crippen molar-refractivity contribution in [2.75, 3.05) is 0 Å². The van der Waals surface area contributed by atoms with Crippen molar-refractivity contribution in [2.45, 2.75) is 0 Å². The third-order valence-electron chi connectivity index (χ3n) is 2.94. The molecule has 0 radical (unpaired) electrons. The maximum Gasteiger partial charge on any atom is 0.332 e. The second-order valence-electron chi connectivity index (χ2n) is 4.17. The van der Waals surface area contributed by atoms with E-state index in [1.807, 2.05) is 54.6 Å². The Bertz CT molecular complexity index is 751. The molecule has 2 N–H and O–H groups in total. The number of aromatic hydroxyl groups is 1. The molecule has 3 rings (SSSR count). The highest BCUT2D eigenvalue weighted by Crippen LogP contribution is 2.36. The van der Waals surface area contributed by atoms with Crippen LogP contribution in [0.2, 0.25) is 0 Å². The van der Waals surface area contributed by atoms with E-state index in [2.05, 4.69) is 10.1 Å². The van der Waals surface area contributed by atoms with E-state index in [4.69, 9.17) is 9.95 Å². The van der Waals surface area contributed by atoms with Crippen LogP contribution in [0.25, 0.3) is 22.6 Å². The third-order valence-corrected chi connectivity index (χ3v) is 2.94. The smallest absolute Gasteiger partial charge is 0.332 e. The molecule has 0 fully saturated rings. The summed E-state index contributed by atoms with van der Waals surface area (Å²) < 4.78 is 5.18. The number of hydrogen-bond donors (Lipinski definition) is 2. The van der Waals surface area contributed by atoms with Gasteiger partial charge in [-0.05, 0) is 17.2 Å². The summed E-state index contributed by atoms with van der Waals surface area (Å²) in [6.45, 7) is 0. The molecule has 0 aliphatic heterocycles. The van der Waals surface area contributed by atoms with E-state index < -0.39 is 5.95 Å². The van der Waals surface area contributed by atoms with E-state index in [-0.39, 0.29) is 11.7 Å². The first kappa shape index (κ1) is 12.1. The second-order valence-corrected chi connectivity index (χ2v) is 4.17. The number of aromatic nitrogens is 1. The zero-order valence-electron chi connectivity index (χ0n) is 10.4. The van der Waals surface area contributed by atoms with Crippen LogP contribution in [0.15, 0.2) is 64.1 Å². The molecule has 0 bridgehead atoms. The lowest BCUT2D eigenvalue weighted by Gasteiger charge is -2.06. The van der Waals surface area contributed by atoms with Crippen molar-refractivity contribution in [2.24, 2.45) is 5.11 Å². The molecule has 2 aromatic carbocycles. The number of nitrogens with zero attached hydrogens (tertiary/aromatic N) is 2. The molecule has 0 aliphatic carbocycles. The monoisotopic (exact) mass is 265 g/mol. The normalized spacial score (nSPS) is 10.4. The second kappa shape index (κ2) is 4.97. The van der Waals surface area contributed by atoms with Gasteiger partial charge in [0, 0.05) is 5.56 Å². The highest BCUT2D eigenvalue weighted by atomic mass is 16.5. The molecule has 3 aromatic rings. The molecule has 0 saturated heterocycles. The summed E-state index contributed by atoms with van der Waals surface area (Å²) in [5.74, 6) is -0.325. The van der Waals surface area contributed by atoms with E-state index in [1.165, 1.54) is 0 Å². The Morgan fingerprint density at radius 2 is 1.60 bits per heavy atom. The number of hydrogen-bond acceptors (Lipinski definition) is 5. The van der Waals surface area contributed by atoms with Crippen molar-refractivity contribution < 1.29 is 9.52 Å². The quantitative estimate of drug-likeness (QED) is 0.689. The van der Waals surface area contributed by atoms with Crippen LogP contribution in [0, 0.1) is 5.53 Å². The Morgan fingerprint density at radius 1 is 0.950 bits per heavy atom. The summed E-state index contributed by atoms with van der Waals surface area (Å²) in [5, 5.41) is 12.6. The van der Waals surface area contributed by atoms with Crippen molar-refractivity contribution >= 4 is 5.82 Å². The molecular weight excluding hydrogens is 254 g/mol. The van der Waals surface area contributed by atoms with Crippen LogP contribution in [-0.2, 0) is 0 Å². The van der Waals surface area contributed by atoms with E-state index in [9.17, 15) is 5.11 Å². The summed E-state index contributed by atoms with van der Waals surface area (Å²) in [4.78, 5) is 4.01. The number of benzene rings is 2. The Kier molecular flexibility index (Phi) is 3.01. The molecule has 0 amide bonds. The first-order valence-electron chi connectivity index (χ1n) is 6.01. The van der Waals surface area contributed by atoms with Gasteiger partial charge in [0.25, 0.3) is 5.82 Å². The Labute approximate surface area is 115 Å². The van der Waals surface area contributed by atoms with Gasteiger partial charge in [-0.3, -0.25) is 0 Å². The highest BCUT2D eigenvalue weighted by molar-refractivity contribution is 5.80. The topological polar surface area (TPSA) is 82.5 Å². The predicted octanol–water partition coefficient (Wildman–Crippen LogP) is 4.38. The van der Waals surface area contributed by atoms with Gasteiger partial charge in [-0.15, -0.1) is 5.11 Å². The van der Waals surface area contributed by atoms with Crippen LogP contribution < -0.4 is 0 Å². The van der Waals surface area contributed by atoms with E-state index in [1.54, 1.807) is 0 Å². The lowest BCUT2D eigenvalue weighted by Crippen LogP contribution is -1.84. The average molecular weight is 265 g/mol. The van der Waals surface area contributed by atoms with Crippen LogP contribution in [0.1, 0.15) is 0 Å². The summed E-state index contributed by atoms with van der Waals surface area (Å²) in [7, 11) is 0. The zero-order valence-corrected chi connectivity index (χ0v) is 10.4. The lowest BCUT2D eigenvalue weighted by molar-refractivity contribution is 0.338. The third kappa shape index (κ3) is 2.05. The fourth-order valence-electron chi connectivity index (χ4n) is 2.03. The summed E-state index contributed by atoms with van der Waals surface area (Å²) in [6, 6.07) is 17.4. The predicted molar refractivity (Wildman–Crippen MR) is 73.8 cm³/mol. The maximum atomic E-state index is 9.51. The zero-order chi connectivity index (χ0) is 13.9. The summed E-state index contributed by atoms with van der Waals surface area (Å²) in [5.41, 5.74) is 9.62. The van der Waals surface area contributed by atoms with Gasteiger partial charge in [-0.25, -0.2) is 5.53 Å². The van der Waals surface area contributed by atoms with Gasteiger partial charge in [0.15, 0.2) is 0 Å². The molecular formula is C15H11N3O2. The Hall–Kier alpha value is -2.95. The molecule has 1 aromatic heterocycles. The minimum absolute atomic E-state index is 0.122. The minimum Gasteiger partial charge on any atom is -0.478 e. The molecule has 98 valence electrons. The first-order chi connectivity index (χ1) is 9.79. The summed E-state index contributed by atoms with van der Waals surface area (Å²) >= 11 is 0. The van der Waals surface area contributed by atoms with Gasteiger partial charge in [0.1, 0.15) is 0 Å². The average Bonchev–Trinajstić information content (AvgIpc) is 2.89. The van der Waals surface area contributed by atoms with Gasteiger partial charge < -0.3 is 9.52 Å². The Morgan fingerprint density at radius 3 is 2.25 bits per heavy atom. The van der Waals surface area contributed by atoms with Crippen LogP contribution in [0.5, 0.6) is 5.95 Å². The number of rotatable bonds is 3.